The van der Waals surface area contributed by atoms with Crippen LogP contribution in [0.2, 0.25) is 0 Å². The van der Waals surface area contributed by atoms with Crippen LogP contribution in [-0.4, -0.2) is 48.5 Å². The van der Waals surface area contributed by atoms with Crippen molar-refractivity contribution in [3.63, 3.8) is 0 Å². The van der Waals surface area contributed by atoms with Crippen molar-refractivity contribution in [1.82, 2.24) is 19.2 Å². The van der Waals surface area contributed by atoms with E-state index in [0.717, 1.165) is 25.9 Å². The van der Waals surface area contributed by atoms with E-state index < -0.39 is 10.0 Å². The van der Waals surface area contributed by atoms with Crippen LogP contribution >= 0.6 is 0 Å². The largest absolute Gasteiger partial charge is 0.339 e. The highest BCUT2D eigenvalue weighted by atomic mass is 32.2. The van der Waals surface area contributed by atoms with Crippen LogP contribution < -0.4 is 5.32 Å². The molecule has 7 heteroatoms. The lowest BCUT2D eigenvalue weighted by Crippen LogP contribution is -2.42. The zero-order valence-electron chi connectivity index (χ0n) is 11.5. The average molecular weight is 286 g/mol. The van der Waals surface area contributed by atoms with E-state index in [2.05, 4.69) is 17.2 Å². The molecule has 1 fully saturated rings. The summed E-state index contributed by atoms with van der Waals surface area (Å²) in [5.41, 5.74) is 0. The van der Waals surface area contributed by atoms with E-state index in [1.807, 2.05) is 0 Å². The van der Waals surface area contributed by atoms with E-state index in [9.17, 15) is 8.42 Å². The fourth-order valence-electron chi connectivity index (χ4n) is 2.41. The van der Waals surface area contributed by atoms with Gasteiger partial charge in [0, 0.05) is 26.3 Å². The van der Waals surface area contributed by atoms with Gasteiger partial charge in [-0.15, -0.1) is 0 Å². The minimum Gasteiger partial charge on any atom is -0.339 e. The van der Waals surface area contributed by atoms with Crippen molar-refractivity contribution >= 4 is 10.0 Å². The summed E-state index contributed by atoms with van der Waals surface area (Å²) in [6.07, 6.45) is 5.08. The number of aryl methyl sites for hydroxylation is 1. The normalized spacial score (nSPS) is 21.7. The number of rotatable bonds is 5. The Balaban J connectivity index is 2.08. The lowest BCUT2D eigenvalue weighted by atomic mass is 10.00. The second-order valence-electron chi connectivity index (χ2n) is 5.06. The van der Waals surface area contributed by atoms with Crippen LogP contribution in [-0.2, 0) is 17.1 Å². The van der Waals surface area contributed by atoms with Crippen molar-refractivity contribution in [2.24, 2.45) is 13.0 Å². The Bertz CT molecular complexity index is 512. The monoisotopic (exact) mass is 286 g/mol. The van der Waals surface area contributed by atoms with Crippen LogP contribution in [0.3, 0.4) is 0 Å². The minimum absolute atomic E-state index is 0.152. The molecular formula is C12H22N4O2S. The Hall–Kier alpha value is -0.920. The molecule has 0 spiro atoms. The Labute approximate surface area is 114 Å². The quantitative estimate of drug-likeness (QED) is 0.852. The summed E-state index contributed by atoms with van der Waals surface area (Å²) in [7, 11) is -1.65. The molecule has 1 saturated heterocycles. The summed E-state index contributed by atoms with van der Waals surface area (Å²) in [4.78, 5) is 3.97. The highest BCUT2D eigenvalue weighted by molar-refractivity contribution is 7.89. The van der Waals surface area contributed by atoms with Gasteiger partial charge in [-0.05, 0) is 31.8 Å². The summed E-state index contributed by atoms with van der Waals surface area (Å²) in [6, 6.07) is 0. The molecule has 1 aliphatic rings. The van der Waals surface area contributed by atoms with Gasteiger partial charge in [-0.3, -0.25) is 0 Å². The molecule has 6 nitrogen and oxygen atoms in total. The summed E-state index contributed by atoms with van der Waals surface area (Å²) < 4.78 is 28.1. The molecule has 1 unspecified atom stereocenters. The molecule has 1 aromatic heterocycles. The number of aromatic nitrogens is 2. The fourth-order valence-corrected chi connectivity index (χ4v) is 3.94. The van der Waals surface area contributed by atoms with Crippen molar-refractivity contribution < 1.29 is 8.42 Å². The zero-order valence-corrected chi connectivity index (χ0v) is 12.4. The van der Waals surface area contributed by atoms with Gasteiger partial charge in [0.15, 0.2) is 5.03 Å². The van der Waals surface area contributed by atoms with E-state index >= 15 is 0 Å². The molecule has 1 N–H and O–H groups in total. The third-order valence-electron chi connectivity index (χ3n) is 3.45. The first-order chi connectivity index (χ1) is 9.04. The number of imidazole rings is 1. The first-order valence-corrected chi connectivity index (χ1v) is 8.17. The van der Waals surface area contributed by atoms with Crippen LogP contribution in [0.25, 0.3) is 0 Å². The van der Waals surface area contributed by atoms with Crippen molar-refractivity contribution in [3.8, 4) is 0 Å². The summed E-state index contributed by atoms with van der Waals surface area (Å²) in [5, 5.41) is 3.44. The van der Waals surface area contributed by atoms with Gasteiger partial charge < -0.3 is 9.88 Å². The number of hydrogen-bond acceptors (Lipinski definition) is 4. The lowest BCUT2D eigenvalue weighted by Gasteiger charge is -2.31. The third-order valence-corrected chi connectivity index (χ3v) is 5.20. The molecule has 0 amide bonds. The number of piperidine rings is 1. The van der Waals surface area contributed by atoms with Gasteiger partial charge in [0.05, 0.1) is 6.33 Å². The van der Waals surface area contributed by atoms with Gasteiger partial charge in [-0.1, -0.05) is 6.92 Å². The average Bonchev–Trinajstić information content (AvgIpc) is 2.84. The second-order valence-corrected chi connectivity index (χ2v) is 6.94. The van der Waals surface area contributed by atoms with E-state index in [4.69, 9.17) is 0 Å². The minimum atomic E-state index is -3.43. The summed E-state index contributed by atoms with van der Waals surface area (Å²) >= 11 is 0. The molecule has 0 aromatic carbocycles. The number of nitrogens with zero attached hydrogens (tertiary/aromatic N) is 3. The van der Waals surface area contributed by atoms with Crippen molar-refractivity contribution in [1.29, 1.82) is 0 Å². The molecule has 0 bridgehead atoms. The molecule has 0 saturated carbocycles. The number of sulfonamides is 1. The summed E-state index contributed by atoms with van der Waals surface area (Å²) in [5.74, 6) is 0.396. The Morgan fingerprint density at radius 1 is 1.53 bits per heavy atom. The molecule has 2 rings (SSSR count). The van der Waals surface area contributed by atoms with Gasteiger partial charge >= 0.3 is 0 Å². The van der Waals surface area contributed by atoms with E-state index in [1.165, 1.54) is 6.33 Å². The van der Waals surface area contributed by atoms with Crippen LogP contribution in [0, 0.1) is 5.92 Å². The topological polar surface area (TPSA) is 67.2 Å². The van der Waals surface area contributed by atoms with E-state index in [1.54, 1.807) is 22.1 Å². The standard InChI is InChI=1S/C12H22N4O2S/c1-3-13-7-11-5-4-6-16(8-11)19(17,18)12-9-15(2)10-14-12/h9-11,13H,3-8H2,1-2H3. The number of hydrogen-bond donors (Lipinski definition) is 1. The molecule has 2 heterocycles. The van der Waals surface area contributed by atoms with E-state index in [0.29, 0.717) is 19.0 Å². The Morgan fingerprint density at radius 3 is 2.95 bits per heavy atom. The molecule has 1 atom stereocenters. The molecule has 1 aromatic rings. The molecule has 19 heavy (non-hydrogen) atoms. The Morgan fingerprint density at radius 2 is 2.32 bits per heavy atom. The third kappa shape index (κ3) is 3.34. The smallest absolute Gasteiger partial charge is 0.262 e. The van der Waals surface area contributed by atoms with Gasteiger partial charge in [0.2, 0.25) is 0 Å². The first kappa shape index (κ1) is 14.5. The highest BCUT2D eigenvalue weighted by Crippen LogP contribution is 2.22. The SMILES string of the molecule is CCNCC1CCCN(S(=O)(=O)c2cn(C)cn2)C1. The predicted molar refractivity (Wildman–Crippen MR) is 73.2 cm³/mol. The zero-order chi connectivity index (χ0) is 13.9. The van der Waals surface area contributed by atoms with Gasteiger partial charge in [-0.2, -0.15) is 4.31 Å². The maximum atomic E-state index is 12.4. The summed E-state index contributed by atoms with van der Waals surface area (Å²) in [6.45, 7) is 5.05. The van der Waals surface area contributed by atoms with Crippen LogP contribution in [0.4, 0.5) is 0 Å². The van der Waals surface area contributed by atoms with Gasteiger partial charge in [0.25, 0.3) is 10.0 Å². The van der Waals surface area contributed by atoms with Crippen LogP contribution in [0.5, 0.6) is 0 Å². The predicted octanol–water partition coefficient (Wildman–Crippen LogP) is 0.430. The van der Waals surface area contributed by atoms with E-state index in [-0.39, 0.29) is 5.03 Å². The van der Waals surface area contributed by atoms with Crippen LogP contribution in [0.15, 0.2) is 17.6 Å². The Kier molecular flexibility index (Phi) is 4.59. The van der Waals surface area contributed by atoms with Gasteiger partial charge in [-0.25, -0.2) is 13.4 Å². The fraction of sp³-hybridized carbons (Fsp3) is 0.750. The highest BCUT2D eigenvalue weighted by Gasteiger charge is 2.31. The maximum absolute atomic E-state index is 12.4. The second kappa shape index (κ2) is 6.02. The number of nitrogens with one attached hydrogen (secondary N) is 1. The van der Waals surface area contributed by atoms with Gasteiger partial charge in [0.1, 0.15) is 0 Å². The first-order valence-electron chi connectivity index (χ1n) is 6.73. The molecular weight excluding hydrogens is 264 g/mol. The molecule has 1 aliphatic heterocycles. The lowest BCUT2D eigenvalue weighted by molar-refractivity contribution is 0.260. The van der Waals surface area contributed by atoms with Crippen molar-refractivity contribution in [2.75, 3.05) is 26.2 Å². The maximum Gasteiger partial charge on any atom is 0.262 e. The molecule has 0 aliphatic carbocycles. The van der Waals surface area contributed by atoms with Crippen molar-refractivity contribution in [3.05, 3.63) is 12.5 Å². The molecule has 108 valence electrons. The molecule has 0 radical (unpaired) electrons. The van der Waals surface area contributed by atoms with Crippen molar-refractivity contribution in [2.45, 2.75) is 24.8 Å². The van der Waals surface area contributed by atoms with Crippen LogP contribution in [0.1, 0.15) is 19.8 Å².